The van der Waals surface area contributed by atoms with Gasteiger partial charge in [0.25, 0.3) is 5.91 Å². The molecule has 0 saturated heterocycles. The lowest BCUT2D eigenvalue weighted by molar-refractivity contribution is 0.0587. The monoisotopic (exact) mass is 259 g/mol. The topological polar surface area (TPSA) is 87.2 Å². The smallest absolute Gasteiger partial charge is 0.356 e. The molecule has 98 valence electrons. The molecule has 0 fully saturated rings. The number of hydrogen-bond acceptors (Lipinski definition) is 4. The van der Waals surface area contributed by atoms with Gasteiger partial charge in [0.2, 0.25) is 0 Å². The van der Waals surface area contributed by atoms with Gasteiger partial charge >= 0.3 is 5.97 Å². The number of primary amides is 1. The van der Waals surface area contributed by atoms with Gasteiger partial charge in [-0.3, -0.25) is 9.48 Å². The van der Waals surface area contributed by atoms with Crippen molar-refractivity contribution in [1.29, 1.82) is 0 Å². The fraction of sp³-hybridized carbons (Fsp3) is 0.154. The molecular formula is C13H13N3O3. The van der Waals surface area contributed by atoms with E-state index in [9.17, 15) is 9.59 Å². The first-order chi connectivity index (χ1) is 9.11. The van der Waals surface area contributed by atoms with Gasteiger partial charge in [-0.2, -0.15) is 5.10 Å². The molecule has 6 heteroatoms. The van der Waals surface area contributed by atoms with Gasteiger partial charge in [0, 0.05) is 6.07 Å². The van der Waals surface area contributed by atoms with Crippen molar-refractivity contribution in [1.82, 2.24) is 9.78 Å². The maximum absolute atomic E-state index is 11.6. The molecule has 2 N–H and O–H groups in total. The summed E-state index contributed by atoms with van der Waals surface area (Å²) < 4.78 is 6.06. The molecule has 0 bridgehead atoms. The van der Waals surface area contributed by atoms with Gasteiger partial charge in [-0.05, 0) is 5.56 Å². The second kappa shape index (κ2) is 5.34. The van der Waals surface area contributed by atoms with Gasteiger partial charge < -0.3 is 10.5 Å². The number of ether oxygens (including phenoxy) is 1. The van der Waals surface area contributed by atoms with Crippen molar-refractivity contribution in [2.24, 2.45) is 5.73 Å². The Morgan fingerprint density at radius 2 is 2.00 bits per heavy atom. The number of rotatable bonds is 4. The highest BCUT2D eigenvalue weighted by Gasteiger charge is 2.18. The van der Waals surface area contributed by atoms with E-state index in [4.69, 9.17) is 5.73 Å². The zero-order valence-electron chi connectivity index (χ0n) is 10.4. The van der Waals surface area contributed by atoms with E-state index in [1.807, 2.05) is 30.3 Å². The summed E-state index contributed by atoms with van der Waals surface area (Å²) in [6, 6.07) is 10.8. The average molecular weight is 259 g/mol. The number of amides is 1. The molecule has 0 atom stereocenters. The van der Waals surface area contributed by atoms with Gasteiger partial charge in [-0.25, -0.2) is 4.79 Å². The third-order valence-electron chi connectivity index (χ3n) is 2.60. The fourth-order valence-corrected chi connectivity index (χ4v) is 1.68. The van der Waals surface area contributed by atoms with Gasteiger partial charge in [-0.1, -0.05) is 30.3 Å². The second-order valence-corrected chi connectivity index (χ2v) is 3.91. The Morgan fingerprint density at radius 3 is 2.58 bits per heavy atom. The molecule has 1 heterocycles. The zero-order chi connectivity index (χ0) is 13.8. The summed E-state index contributed by atoms with van der Waals surface area (Å²) in [5, 5.41) is 4.02. The Bertz CT molecular complexity index is 605. The largest absolute Gasteiger partial charge is 0.464 e. The van der Waals surface area contributed by atoms with Crippen LogP contribution in [0.2, 0.25) is 0 Å². The highest BCUT2D eigenvalue weighted by molar-refractivity contribution is 5.95. The number of aromatic nitrogens is 2. The van der Waals surface area contributed by atoms with Gasteiger partial charge in [0.1, 0.15) is 5.69 Å². The van der Waals surface area contributed by atoms with E-state index < -0.39 is 11.9 Å². The molecule has 1 amide bonds. The second-order valence-electron chi connectivity index (χ2n) is 3.91. The lowest BCUT2D eigenvalue weighted by atomic mass is 10.2. The summed E-state index contributed by atoms with van der Waals surface area (Å²) in [6.45, 7) is 0.360. The third kappa shape index (κ3) is 2.79. The number of benzene rings is 1. The zero-order valence-corrected chi connectivity index (χ0v) is 10.4. The van der Waals surface area contributed by atoms with Crippen LogP contribution in [-0.4, -0.2) is 28.8 Å². The molecule has 0 radical (unpaired) electrons. The van der Waals surface area contributed by atoms with E-state index in [0.717, 1.165) is 5.56 Å². The van der Waals surface area contributed by atoms with Crippen LogP contribution in [0.15, 0.2) is 36.4 Å². The first-order valence-corrected chi connectivity index (χ1v) is 5.61. The van der Waals surface area contributed by atoms with Crippen molar-refractivity contribution in [3.8, 4) is 0 Å². The molecule has 0 aliphatic heterocycles. The molecular weight excluding hydrogens is 246 g/mol. The number of methoxy groups -OCH3 is 1. The molecule has 6 nitrogen and oxygen atoms in total. The van der Waals surface area contributed by atoms with Crippen molar-refractivity contribution in [3.05, 3.63) is 53.3 Å². The van der Waals surface area contributed by atoms with Crippen LogP contribution >= 0.6 is 0 Å². The fourth-order valence-electron chi connectivity index (χ4n) is 1.68. The van der Waals surface area contributed by atoms with Crippen molar-refractivity contribution < 1.29 is 14.3 Å². The SMILES string of the molecule is COC(=O)c1cc(C(N)=O)nn1Cc1ccccc1. The molecule has 0 saturated carbocycles. The van der Waals surface area contributed by atoms with Gasteiger partial charge in [0.15, 0.2) is 5.69 Å². The minimum atomic E-state index is -0.683. The van der Waals surface area contributed by atoms with Crippen LogP contribution < -0.4 is 5.73 Å². The summed E-state index contributed by atoms with van der Waals surface area (Å²) in [5.74, 6) is -1.24. The van der Waals surface area contributed by atoms with Crippen molar-refractivity contribution >= 4 is 11.9 Å². The predicted molar refractivity (Wildman–Crippen MR) is 67.6 cm³/mol. The predicted octanol–water partition coefficient (Wildman–Crippen LogP) is 0.817. The van der Waals surface area contributed by atoms with Crippen molar-refractivity contribution in [3.63, 3.8) is 0 Å². The number of carbonyl (C=O) groups excluding carboxylic acids is 2. The summed E-state index contributed by atoms with van der Waals surface area (Å²) >= 11 is 0. The van der Waals surface area contributed by atoms with Gasteiger partial charge in [-0.15, -0.1) is 0 Å². The number of hydrogen-bond donors (Lipinski definition) is 1. The van der Waals surface area contributed by atoms with Crippen LogP contribution in [0, 0.1) is 0 Å². The highest BCUT2D eigenvalue weighted by Crippen LogP contribution is 2.09. The Morgan fingerprint density at radius 1 is 1.32 bits per heavy atom. The van der Waals surface area contributed by atoms with E-state index in [2.05, 4.69) is 9.84 Å². The maximum Gasteiger partial charge on any atom is 0.356 e. The summed E-state index contributed by atoms with van der Waals surface area (Å²) in [4.78, 5) is 22.7. The Labute approximate surface area is 109 Å². The minimum absolute atomic E-state index is 0.0383. The highest BCUT2D eigenvalue weighted by atomic mass is 16.5. The van der Waals surface area contributed by atoms with Crippen molar-refractivity contribution in [2.75, 3.05) is 7.11 Å². The maximum atomic E-state index is 11.6. The van der Waals surface area contributed by atoms with Crippen LogP contribution in [0.5, 0.6) is 0 Å². The standard InChI is InChI=1S/C13H13N3O3/c1-19-13(18)11-7-10(12(14)17)15-16(11)8-9-5-3-2-4-6-9/h2-7H,8H2,1H3,(H2,14,17). The Hall–Kier alpha value is -2.63. The first kappa shape index (κ1) is 12.8. The average Bonchev–Trinajstić information content (AvgIpc) is 2.83. The van der Waals surface area contributed by atoms with Crippen LogP contribution in [0.3, 0.4) is 0 Å². The third-order valence-corrected chi connectivity index (χ3v) is 2.60. The van der Waals surface area contributed by atoms with E-state index in [0.29, 0.717) is 6.54 Å². The number of nitrogens with zero attached hydrogens (tertiary/aromatic N) is 2. The minimum Gasteiger partial charge on any atom is -0.464 e. The molecule has 0 spiro atoms. The lowest BCUT2D eigenvalue weighted by Crippen LogP contribution is -2.14. The van der Waals surface area contributed by atoms with E-state index in [-0.39, 0.29) is 11.4 Å². The van der Waals surface area contributed by atoms with Crippen LogP contribution in [-0.2, 0) is 11.3 Å². The number of carbonyl (C=O) groups is 2. The number of esters is 1. The summed E-state index contributed by atoms with van der Waals surface area (Å²) in [5.41, 5.74) is 6.35. The van der Waals surface area contributed by atoms with Crippen molar-refractivity contribution in [2.45, 2.75) is 6.54 Å². The summed E-state index contributed by atoms with van der Waals surface area (Å²) in [6.07, 6.45) is 0. The molecule has 19 heavy (non-hydrogen) atoms. The van der Waals surface area contributed by atoms with Crippen LogP contribution in [0.25, 0.3) is 0 Å². The molecule has 2 rings (SSSR count). The molecule has 2 aromatic rings. The number of nitrogens with two attached hydrogens (primary N) is 1. The lowest BCUT2D eigenvalue weighted by Gasteiger charge is -2.05. The molecule has 1 aromatic carbocycles. The molecule has 0 aliphatic rings. The Kier molecular flexibility index (Phi) is 3.61. The first-order valence-electron chi connectivity index (χ1n) is 5.61. The Balaban J connectivity index is 2.37. The van der Waals surface area contributed by atoms with Crippen LogP contribution in [0.1, 0.15) is 26.5 Å². The van der Waals surface area contributed by atoms with Gasteiger partial charge in [0.05, 0.1) is 13.7 Å². The summed E-state index contributed by atoms with van der Waals surface area (Å²) in [7, 11) is 1.27. The normalized spacial score (nSPS) is 10.2. The molecule has 0 aliphatic carbocycles. The van der Waals surface area contributed by atoms with Crippen LogP contribution in [0.4, 0.5) is 0 Å². The van der Waals surface area contributed by atoms with E-state index in [1.54, 1.807) is 0 Å². The molecule has 0 unspecified atom stereocenters. The quantitative estimate of drug-likeness (QED) is 0.823. The van der Waals surface area contributed by atoms with E-state index in [1.165, 1.54) is 17.9 Å². The molecule has 1 aromatic heterocycles. The van der Waals surface area contributed by atoms with E-state index >= 15 is 0 Å².